The molecule has 2 aromatic rings. The van der Waals surface area contributed by atoms with E-state index in [4.69, 9.17) is 4.52 Å². The lowest BCUT2D eigenvalue weighted by molar-refractivity contribution is -0.128. The molecule has 1 aliphatic rings. The van der Waals surface area contributed by atoms with E-state index in [2.05, 4.69) is 46.6 Å². The third kappa shape index (κ3) is 4.23. The van der Waals surface area contributed by atoms with Crippen LogP contribution in [0.2, 0.25) is 0 Å². The molecular weight excluding hydrogens is 302 g/mol. The number of aryl methyl sites for hydroxylation is 2. The molecule has 1 aromatic carbocycles. The maximum Gasteiger partial charge on any atom is 0.237 e. The molecule has 5 heteroatoms. The zero-order valence-electron chi connectivity index (χ0n) is 14.4. The van der Waals surface area contributed by atoms with Gasteiger partial charge in [0.2, 0.25) is 5.91 Å². The average molecular weight is 327 g/mol. The molecule has 24 heavy (non-hydrogen) atoms. The molecule has 0 radical (unpaired) electrons. The Kier molecular flexibility index (Phi) is 5.30. The number of hydrogen-bond donors (Lipinski definition) is 1. The van der Waals surface area contributed by atoms with Crippen LogP contribution in [0.5, 0.6) is 0 Å². The zero-order valence-corrected chi connectivity index (χ0v) is 14.4. The lowest BCUT2D eigenvalue weighted by Gasteiger charge is -2.34. The molecule has 0 bridgehead atoms. The molecule has 1 N–H and O–H groups in total. The number of nitrogens with one attached hydrogen (secondary N) is 1. The van der Waals surface area contributed by atoms with Crippen LogP contribution in [0.4, 0.5) is 0 Å². The predicted molar refractivity (Wildman–Crippen MR) is 92.3 cm³/mol. The van der Waals surface area contributed by atoms with Crippen LogP contribution in [-0.4, -0.2) is 28.6 Å². The quantitative estimate of drug-likeness (QED) is 0.917. The molecule has 1 amide bonds. The van der Waals surface area contributed by atoms with Crippen molar-refractivity contribution in [2.24, 2.45) is 0 Å². The highest BCUT2D eigenvalue weighted by Gasteiger charge is 2.28. The molecule has 128 valence electrons. The van der Waals surface area contributed by atoms with E-state index in [1.165, 1.54) is 11.1 Å². The normalized spacial score (nSPS) is 18.5. The fraction of sp³-hybridized carbons (Fsp3) is 0.474. The fourth-order valence-electron chi connectivity index (χ4n) is 3.32. The Hall–Kier alpha value is -2.14. The first-order chi connectivity index (χ1) is 11.6. The molecule has 1 atom stereocenters. The number of aromatic nitrogens is 1. The van der Waals surface area contributed by atoms with Crippen LogP contribution in [0, 0.1) is 13.8 Å². The van der Waals surface area contributed by atoms with Gasteiger partial charge in [-0.15, -0.1) is 0 Å². The summed E-state index contributed by atoms with van der Waals surface area (Å²) in [5.74, 6) is 0.848. The molecule has 0 spiro atoms. The molecule has 0 saturated carbocycles. The van der Waals surface area contributed by atoms with Crippen molar-refractivity contribution in [2.75, 3.05) is 6.54 Å². The van der Waals surface area contributed by atoms with Crippen molar-refractivity contribution < 1.29 is 9.32 Å². The molecule has 1 aliphatic heterocycles. The number of carbonyl (C=O) groups excluding carboxylic acids is 1. The van der Waals surface area contributed by atoms with Crippen LogP contribution in [0.25, 0.3) is 0 Å². The highest BCUT2D eigenvalue weighted by atomic mass is 16.5. The maximum atomic E-state index is 12.6. The van der Waals surface area contributed by atoms with Gasteiger partial charge >= 0.3 is 0 Å². The minimum Gasteiger partial charge on any atom is -0.361 e. The number of likely N-dealkylation sites (tertiary alicyclic amines) is 1. The molecule has 1 saturated heterocycles. The first-order valence-electron chi connectivity index (χ1n) is 8.61. The van der Waals surface area contributed by atoms with Crippen molar-refractivity contribution in [1.29, 1.82) is 0 Å². The number of nitrogens with zero attached hydrogens (tertiary/aromatic N) is 2. The summed E-state index contributed by atoms with van der Waals surface area (Å²) >= 11 is 0. The van der Waals surface area contributed by atoms with Crippen LogP contribution in [0.3, 0.4) is 0 Å². The van der Waals surface area contributed by atoms with Gasteiger partial charge in [0.05, 0.1) is 12.6 Å². The van der Waals surface area contributed by atoms with Crippen LogP contribution in [0.15, 0.2) is 34.9 Å². The Labute approximate surface area is 143 Å². The minimum atomic E-state index is -0.0627. The summed E-state index contributed by atoms with van der Waals surface area (Å²) in [6, 6.07) is 10.3. The maximum absolute atomic E-state index is 12.6. The van der Waals surface area contributed by atoms with E-state index in [9.17, 15) is 4.79 Å². The van der Waals surface area contributed by atoms with Gasteiger partial charge in [-0.25, -0.2) is 0 Å². The third-order valence-electron chi connectivity index (χ3n) is 4.50. The van der Waals surface area contributed by atoms with Gasteiger partial charge in [-0.2, -0.15) is 0 Å². The topological polar surface area (TPSA) is 58.4 Å². The van der Waals surface area contributed by atoms with E-state index in [-0.39, 0.29) is 11.9 Å². The van der Waals surface area contributed by atoms with Gasteiger partial charge in [0.15, 0.2) is 0 Å². The van der Waals surface area contributed by atoms with Crippen molar-refractivity contribution in [2.45, 2.75) is 52.2 Å². The lowest BCUT2D eigenvalue weighted by Crippen LogP contribution is -2.48. The standard InChI is InChI=1S/C19H25N3O2/c1-14-6-5-7-16(10-14)13-22-9-4-3-8-18(22)19(23)20-12-17-11-15(2)24-21-17/h5-7,10-11,18H,3-4,8-9,12-13H2,1-2H3,(H,20,23)/t18-/m0/s1. The number of rotatable bonds is 5. The Morgan fingerprint density at radius 2 is 2.21 bits per heavy atom. The molecular formula is C19H25N3O2. The van der Waals surface area contributed by atoms with Crippen LogP contribution in [-0.2, 0) is 17.9 Å². The first-order valence-corrected chi connectivity index (χ1v) is 8.61. The van der Waals surface area contributed by atoms with Gasteiger partial charge in [0.1, 0.15) is 11.5 Å². The summed E-state index contributed by atoms with van der Waals surface area (Å²) in [5, 5.41) is 6.93. The molecule has 2 heterocycles. The van der Waals surface area contributed by atoms with Crippen molar-refractivity contribution in [3.05, 3.63) is 52.9 Å². The van der Waals surface area contributed by atoms with Gasteiger partial charge < -0.3 is 9.84 Å². The van der Waals surface area contributed by atoms with Crippen LogP contribution in [0.1, 0.15) is 41.8 Å². The van der Waals surface area contributed by atoms with E-state index in [0.29, 0.717) is 6.54 Å². The number of carbonyl (C=O) groups is 1. The number of benzene rings is 1. The fourth-order valence-corrected chi connectivity index (χ4v) is 3.32. The highest BCUT2D eigenvalue weighted by molar-refractivity contribution is 5.81. The van der Waals surface area contributed by atoms with Crippen molar-refractivity contribution in [3.8, 4) is 0 Å². The van der Waals surface area contributed by atoms with E-state index >= 15 is 0 Å². The monoisotopic (exact) mass is 327 g/mol. The summed E-state index contributed by atoms with van der Waals surface area (Å²) in [4.78, 5) is 14.9. The van der Waals surface area contributed by atoms with Gasteiger partial charge in [-0.3, -0.25) is 9.69 Å². The molecule has 1 fully saturated rings. The second-order valence-corrected chi connectivity index (χ2v) is 6.62. The van der Waals surface area contributed by atoms with Crippen molar-refractivity contribution >= 4 is 5.91 Å². The second kappa shape index (κ2) is 7.62. The summed E-state index contributed by atoms with van der Waals surface area (Å²) in [6.45, 7) is 6.16. The van der Waals surface area contributed by atoms with Crippen molar-refractivity contribution in [3.63, 3.8) is 0 Å². The number of hydrogen-bond acceptors (Lipinski definition) is 4. The van der Waals surface area contributed by atoms with E-state index in [1.807, 2.05) is 13.0 Å². The Morgan fingerprint density at radius 1 is 1.33 bits per heavy atom. The zero-order chi connectivity index (χ0) is 16.9. The second-order valence-electron chi connectivity index (χ2n) is 6.62. The van der Waals surface area contributed by atoms with Gasteiger partial charge in [-0.05, 0) is 38.8 Å². The number of piperidine rings is 1. The van der Waals surface area contributed by atoms with Gasteiger partial charge in [0, 0.05) is 12.6 Å². The van der Waals surface area contributed by atoms with Crippen LogP contribution >= 0.6 is 0 Å². The largest absolute Gasteiger partial charge is 0.361 e. The molecule has 1 aromatic heterocycles. The SMILES string of the molecule is Cc1cccc(CN2CCCC[C@H]2C(=O)NCc2cc(C)on2)c1. The van der Waals surface area contributed by atoms with Crippen LogP contribution < -0.4 is 5.32 Å². The molecule has 3 rings (SSSR count). The summed E-state index contributed by atoms with van der Waals surface area (Å²) in [6.07, 6.45) is 3.17. The summed E-state index contributed by atoms with van der Waals surface area (Å²) < 4.78 is 5.04. The Balaban J connectivity index is 1.61. The molecule has 0 unspecified atom stereocenters. The first kappa shape index (κ1) is 16.7. The van der Waals surface area contributed by atoms with E-state index in [1.54, 1.807) is 0 Å². The van der Waals surface area contributed by atoms with Crippen molar-refractivity contribution in [1.82, 2.24) is 15.4 Å². The summed E-state index contributed by atoms with van der Waals surface area (Å²) in [5.41, 5.74) is 3.29. The smallest absolute Gasteiger partial charge is 0.237 e. The third-order valence-corrected chi connectivity index (χ3v) is 4.50. The Bertz CT molecular complexity index is 695. The molecule has 5 nitrogen and oxygen atoms in total. The highest BCUT2D eigenvalue weighted by Crippen LogP contribution is 2.20. The van der Waals surface area contributed by atoms with Gasteiger partial charge in [-0.1, -0.05) is 41.4 Å². The average Bonchev–Trinajstić information content (AvgIpc) is 2.99. The van der Waals surface area contributed by atoms with E-state index < -0.39 is 0 Å². The minimum absolute atomic E-state index is 0.0627. The molecule has 0 aliphatic carbocycles. The van der Waals surface area contributed by atoms with E-state index in [0.717, 1.165) is 43.8 Å². The summed E-state index contributed by atoms with van der Waals surface area (Å²) in [7, 11) is 0. The predicted octanol–water partition coefficient (Wildman–Crippen LogP) is 2.96. The van der Waals surface area contributed by atoms with Gasteiger partial charge in [0.25, 0.3) is 0 Å². The Morgan fingerprint density at radius 3 is 2.96 bits per heavy atom. The lowest BCUT2D eigenvalue weighted by atomic mass is 10.00. The number of amides is 1.